The molecular weight excluding hydrogens is 400 g/mol. The van der Waals surface area contributed by atoms with Gasteiger partial charge in [0.15, 0.2) is 0 Å². The third-order valence-electron chi connectivity index (χ3n) is 6.03. The van der Waals surface area contributed by atoms with Crippen LogP contribution in [0.25, 0.3) is 0 Å². The summed E-state index contributed by atoms with van der Waals surface area (Å²) < 4.78 is 0. The van der Waals surface area contributed by atoms with E-state index >= 15 is 0 Å². The normalized spacial score (nSPS) is 21.0. The van der Waals surface area contributed by atoms with E-state index in [0.717, 1.165) is 24.2 Å². The van der Waals surface area contributed by atoms with Crippen molar-refractivity contribution in [2.24, 2.45) is 0 Å². The summed E-state index contributed by atoms with van der Waals surface area (Å²) in [6, 6.07) is 6.34. The lowest BCUT2D eigenvalue weighted by molar-refractivity contribution is -0.136. The molecule has 4 N–H and O–H groups in total. The van der Waals surface area contributed by atoms with Crippen LogP contribution in [0.1, 0.15) is 46.1 Å². The van der Waals surface area contributed by atoms with Crippen LogP contribution in [0.5, 0.6) is 0 Å². The topological polar surface area (TPSA) is 136 Å². The fourth-order valence-corrected chi connectivity index (χ4v) is 4.27. The molecule has 3 aliphatic rings. The molecule has 2 fully saturated rings. The summed E-state index contributed by atoms with van der Waals surface area (Å²) in [6.45, 7) is 2.21. The molecule has 0 spiro atoms. The van der Waals surface area contributed by atoms with Crippen LogP contribution in [0, 0.1) is 0 Å². The summed E-state index contributed by atoms with van der Waals surface area (Å²) in [7, 11) is 0. The van der Waals surface area contributed by atoms with Crippen LogP contribution in [0.4, 0.5) is 5.82 Å². The zero-order chi connectivity index (χ0) is 21.5. The van der Waals surface area contributed by atoms with E-state index in [-0.39, 0.29) is 29.7 Å². The first-order valence-electron chi connectivity index (χ1n) is 10.3. The van der Waals surface area contributed by atoms with E-state index in [1.54, 1.807) is 0 Å². The van der Waals surface area contributed by atoms with Crippen molar-refractivity contribution < 1.29 is 14.4 Å². The van der Waals surface area contributed by atoms with E-state index in [9.17, 15) is 19.2 Å². The van der Waals surface area contributed by atoms with E-state index in [2.05, 4.69) is 25.9 Å². The molecule has 1 aromatic carbocycles. The Morgan fingerprint density at radius 1 is 1.16 bits per heavy atom. The molecule has 4 heterocycles. The van der Waals surface area contributed by atoms with Gasteiger partial charge in [0.2, 0.25) is 11.8 Å². The number of H-pyrrole nitrogens is 1. The molecule has 0 radical (unpaired) electrons. The van der Waals surface area contributed by atoms with Crippen molar-refractivity contribution in [3.8, 4) is 0 Å². The fourth-order valence-electron chi connectivity index (χ4n) is 4.27. The van der Waals surface area contributed by atoms with Crippen LogP contribution < -0.4 is 21.5 Å². The lowest BCUT2D eigenvalue weighted by Gasteiger charge is -2.29. The Bertz CT molecular complexity index is 1140. The number of carbonyl (C=O) groups is 3. The first kappa shape index (κ1) is 19.4. The van der Waals surface area contributed by atoms with Gasteiger partial charge in [-0.25, -0.2) is 4.98 Å². The summed E-state index contributed by atoms with van der Waals surface area (Å²) in [5, 5.41) is 8.63. The lowest BCUT2D eigenvalue weighted by atomic mass is 10.0. The van der Waals surface area contributed by atoms with Gasteiger partial charge in [-0.2, -0.15) is 0 Å². The highest BCUT2D eigenvalue weighted by molar-refractivity contribution is 6.06. The van der Waals surface area contributed by atoms with E-state index in [4.69, 9.17) is 0 Å². The van der Waals surface area contributed by atoms with Crippen LogP contribution in [0.15, 0.2) is 29.1 Å². The number of fused-ring (bicyclic) bond motifs is 1. The van der Waals surface area contributed by atoms with Gasteiger partial charge in [0.05, 0.1) is 0 Å². The van der Waals surface area contributed by atoms with Crippen molar-refractivity contribution in [3.05, 3.63) is 57.1 Å². The number of hydrogen-bond donors (Lipinski definition) is 4. The number of nitrogens with one attached hydrogen (secondary N) is 4. The number of rotatable bonds is 5. The van der Waals surface area contributed by atoms with Crippen molar-refractivity contribution in [3.63, 3.8) is 0 Å². The van der Waals surface area contributed by atoms with Gasteiger partial charge in [-0.05, 0) is 17.5 Å². The molecule has 0 saturated carbocycles. The largest absolute Gasteiger partial charge is 0.366 e. The predicted octanol–water partition coefficient (Wildman–Crippen LogP) is -0.170. The lowest BCUT2D eigenvalue weighted by Crippen LogP contribution is -2.52. The molecule has 1 atom stereocenters. The Hall–Kier alpha value is -3.53. The van der Waals surface area contributed by atoms with Crippen molar-refractivity contribution in [2.45, 2.75) is 37.9 Å². The summed E-state index contributed by atoms with van der Waals surface area (Å²) in [6.07, 6.45) is 0.547. The number of piperidine rings is 1. The summed E-state index contributed by atoms with van der Waals surface area (Å²) in [4.78, 5) is 57.7. The minimum absolute atomic E-state index is 0.194. The summed E-state index contributed by atoms with van der Waals surface area (Å²) >= 11 is 0. The monoisotopic (exact) mass is 422 g/mol. The minimum Gasteiger partial charge on any atom is -0.366 e. The number of hydrogen-bond acceptors (Lipinski definition) is 7. The smallest absolute Gasteiger partial charge is 0.255 e. The third-order valence-corrected chi connectivity index (χ3v) is 6.03. The molecule has 2 aromatic rings. The van der Waals surface area contributed by atoms with Crippen LogP contribution in [-0.2, 0) is 22.7 Å². The van der Waals surface area contributed by atoms with Crippen LogP contribution in [0.2, 0.25) is 0 Å². The standard InChI is InChI=1S/C21H22N6O4/c28-16-5-4-14(20(30)26-16)27-10-12-3-1-2-11(18(12)21(27)31)9-23-15-6-17(29)25-19(24-15)13-7-22-8-13/h1-3,6,13-14,22H,4-5,7-10H2,(H,26,28,30)(H2,23,24,25,29). The van der Waals surface area contributed by atoms with Crippen LogP contribution in [-0.4, -0.2) is 51.7 Å². The Morgan fingerprint density at radius 2 is 2.00 bits per heavy atom. The van der Waals surface area contributed by atoms with Gasteiger partial charge in [0.25, 0.3) is 11.5 Å². The molecule has 10 heteroatoms. The number of benzene rings is 1. The quantitative estimate of drug-likeness (QED) is 0.491. The molecule has 10 nitrogen and oxygen atoms in total. The number of anilines is 1. The average molecular weight is 422 g/mol. The average Bonchev–Trinajstić information content (AvgIpc) is 3.02. The Morgan fingerprint density at radius 3 is 2.74 bits per heavy atom. The molecular formula is C21H22N6O4. The molecule has 3 amide bonds. The number of aromatic amines is 1. The highest BCUT2D eigenvalue weighted by atomic mass is 16.2. The molecule has 160 valence electrons. The number of carbonyl (C=O) groups excluding carboxylic acids is 3. The Kier molecular flexibility index (Phi) is 4.78. The molecule has 31 heavy (non-hydrogen) atoms. The SMILES string of the molecule is O=C1CCC(N2Cc3cccc(CNc4cc(=O)[nH]c(C5CNC5)n4)c3C2=O)C(=O)N1. The summed E-state index contributed by atoms with van der Waals surface area (Å²) in [5.41, 5.74) is 1.95. The maximum atomic E-state index is 13.2. The Balaban J connectivity index is 1.35. The molecule has 2 saturated heterocycles. The van der Waals surface area contributed by atoms with Gasteiger partial charge in [-0.1, -0.05) is 18.2 Å². The molecule has 5 rings (SSSR count). The van der Waals surface area contributed by atoms with Gasteiger partial charge < -0.3 is 20.5 Å². The number of aromatic nitrogens is 2. The Labute approximate surface area is 177 Å². The van der Waals surface area contributed by atoms with E-state index in [1.165, 1.54) is 11.0 Å². The third kappa shape index (κ3) is 3.59. The number of nitrogens with zero attached hydrogens (tertiary/aromatic N) is 2. The van der Waals surface area contributed by atoms with Crippen molar-refractivity contribution >= 4 is 23.5 Å². The van der Waals surface area contributed by atoms with Gasteiger partial charge in [-0.15, -0.1) is 0 Å². The molecule has 1 unspecified atom stereocenters. The zero-order valence-electron chi connectivity index (χ0n) is 16.7. The molecule has 0 aliphatic carbocycles. The maximum absolute atomic E-state index is 13.2. The second-order valence-corrected chi connectivity index (χ2v) is 8.08. The second-order valence-electron chi connectivity index (χ2n) is 8.08. The fraction of sp³-hybridized carbons (Fsp3) is 0.381. The number of imide groups is 1. The van der Waals surface area contributed by atoms with Crippen molar-refractivity contribution in [1.29, 1.82) is 0 Å². The molecule has 0 bridgehead atoms. The van der Waals surface area contributed by atoms with Crippen molar-refractivity contribution in [2.75, 3.05) is 18.4 Å². The van der Waals surface area contributed by atoms with Gasteiger partial charge in [0, 0.05) is 50.1 Å². The van der Waals surface area contributed by atoms with E-state index in [1.807, 2.05) is 18.2 Å². The van der Waals surface area contributed by atoms with Crippen LogP contribution >= 0.6 is 0 Å². The van der Waals surface area contributed by atoms with Gasteiger partial charge >= 0.3 is 0 Å². The highest BCUT2D eigenvalue weighted by Gasteiger charge is 2.39. The summed E-state index contributed by atoms with van der Waals surface area (Å²) in [5.74, 6) is 0.337. The minimum atomic E-state index is -0.647. The van der Waals surface area contributed by atoms with Crippen LogP contribution in [0.3, 0.4) is 0 Å². The first-order valence-corrected chi connectivity index (χ1v) is 10.3. The maximum Gasteiger partial charge on any atom is 0.255 e. The predicted molar refractivity (Wildman–Crippen MR) is 110 cm³/mol. The highest BCUT2D eigenvalue weighted by Crippen LogP contribution is 2.30. The molecule has 1 aromatic heterocycles. The van der Waals surface area contributed by atoms with Gasteiger partial charge in [-0.3, -0.25) is 24.5 Å². The first-order chi connectivity index (χ1) is 15.0. The van der Waals surface area contributed by atoms with Gasteiger partial charge in [0.1, 0.15) is 17.7 Å². The zero-order valence-corrected chi connectivity index (χ0v) is 16.7. The van der Waals surface area contributed by atoms with E-state index < -0.39 is 11.9 Å². The van der Waals surface area contributed by atoms with Crippen molar-refractivity contribution in [1.82, 2.24) is 25.5 Å². The molecule has 3 aliphatic heterocycles. The second kappa shape index (κ2) is 7.62. The number of amides is 3. The van der Waals surface area contributed by atoms with E-state index in [0.29, 0.717) is 36.7 Å².